The molecule has 1 heterocycles. The lowest BCUT2D eigenvalue weighted by atomic mass is 10.1. The number of aromatic nitrogens is 1. The second kappa shape index (κ2) is 4.48. The Labute approximate surface area is 102 Å². The van der Waals surface area contributed by atoms with Crippen LogP contribution in [0.1, 0.15) is 16.1 Å². The van der Waals surface area contributed by atoms with Gasteiger partial charge in [-0.15, -0.1) is 0 Å². The number of rotatable bonds is 3. The van der Waals surface area contributed by atoms with Crippen LogP contribution in [0.3, 0.4) is 0 Å². The van der Waals surface area contributed by atoms with Gasteiger partial charge in [0.15, 0.2) is 0 Å². The number of carbonyl (C=O) groups excluding carboxylic acids is 1. The second-order valence-electron chi connectivity index (χ2n) is 3.86. The number of aromatic amines is 1. The van der Waals surface area contributed by atoms with Crippen LogP contribution in [0.5, 0.6) is 0 Å². The summed E-state index contributed by atoms with van der Waals surface area (Å²) in [4.78, 5) is 25.0. The average Bonchev–Trinajstić information content (AvgIpc) is 2.64. The Morgan fingerprint density at radius 3 is 2.83 bits per heavy atom. The van der Waals surface area contributed by atoms with Crippen molar-refractivity contribution in [3.8, 4) is 0 Å². The molecule has 1 amide bonds. The molecule has 0 unspecified atom stereocenters. The lowest BCUT2D eigenvalue weighted by molar-refractivity contribution is -0.135. The number of aliphatic carboxylic acids is 1. The van der Waals surface area contributed by atoms with Crippen molar-refractivity contribution in [2.24, 2.45) is 0 Å². The minimum atomic E-state index is -1.13. The first kappa shape index (κ1) is 12.1. The van der Waals surface area contributed by atoms with E-state index in [9.17, 15) is 14.0 Å². The molecule has 0 atom stereocenters. The second-order valence-corrected chi connectivity index (χ2v) is 3.86. The van der Waals surface area contributed by atoms with E-state index in [2.05, 4.69) is 10.3 Å². The molecule has 2 rings (SSSR count). The number of fused-ring (bicyclic) bond motifs is 1. The summed E-state index contributed by atoms with van der Waals surface area (Å²) < 4.78 is 13.5. The monoisotopic (exact) mass is 250 g/mol. The van der Waals surface area contributed by atoms with E-state index in [-0.39, 0.29) is 11.1 Å². The van der Waals surface area contributed by atoms with Gasteiger partial charge in [0, 0.05) is 11.1 Å². The van der Waals surface area contributed by atoms with Crippen LogP contribution >= 0.6 is 0 Å². The predicted molar refractivity (Wildman–Crippen MR) is 63.0 cm³/mol. The van der Waals surface area contributed by atoms with Gasteiger partial charge in [0.05, 0.1) is 11.1 Å². The van der Waals surface area contributed by atoms with Gasteiger partial charge in [-0.3, -0.25) is 9.59 Å². The molecule has 0 bridgehead atoms. The highest BCUT2D eigenvalue weighted by molar-refractivity contribution is 6.08. The maximum Gasteiger partial charge on any atom is 0.322 e. The Hall–Kier alpha value is -2.37. The summed E-state index contributed by atoms with van der Waals surface area (Å²) in [6.07, 6.45) is 0. The largest absolute Gasteiger partial charge is 0.480 e. The minimum absolute atomic E-state index is 0.246. The van der Waals surface area contributed by atoms with Crippen LogP contribution in [0.4, 0.5) is 4.39 Å². The summed E-state index contributed by atoms with van der Waals surface area (Å²) in [5, 5.41) is 11.2. The van der Waals surface area contributed by atoms with Crippen LogP contribution in [0.25, 0.3) is 10.9 Å². The number of aryl methyl sites for hydroxylation is 1. The van der Waals surface area contributed by atoms with Crippen molar-refractivity contribution in [1.29, 1.82) is 0 Å². The van der Waals surface area contributed by atoms with Crippen LogP contribution in [0, 0.1) is 12.7 Å². The SMILES string of the molecule is Cc1[nH]c2c(F)cccc2c1C(=O)NCC(=O)O. The van der Waals surface area contributed by atoms with Crippen LogP contribution < -0.4 is 5.32 Å². The summed E-state index contributed by atoms with van der Waals surface area (Å²) >= 11 is 0. The van der Waals surface area contributed by atoms with E-state index in [0.29, 0.717) is 11.1 Å². The third-order valence-corrected chi connectivity index (χ3v) is 2.60. The van der Waals surface area contributed by atoms with E-state index < -0.39 is 24.2 Å². The molecular formula is C12H11FN2O3. The first-order valence-electron chi connectivity index (χ1n) is 5.27. The maximum atomic E-state index is 13.5. The Balaban J connectivity index is 2.44. The lowest BCUT2D eigenvalue weighted by Gasteiger charge is -2.02. The van der Waals surface area contributed by atoms with Crippen molar-refractivity contribution in [2.45, 2.75) is 6.92 Å². The zero-order valence-corrected chi connectivity index (χ0v) is 9.58. The Kier molecular flexibility index (Phi) is 3.01. The van der Waals surface area contributed by atoms with Crippen molar-refractivity contribution in [1.82, 2.24) is 10.3 Å². The summed E-state index contributed by atoms with van der Waals surface area (Å²) in [6.45, 7) is 1.16. The third kappa shape index (κ3) is 2.04. The normalized spacial score (nSPS) is 10.6. The molecule has 18 heavy (non-hydrogen) atoms. The smallest absolute Gasteiger partial charge is 0.322 e. The van der Waals surface area contributed by atoms with E-state index in [4.69, 9.17) is 5.11 Å². The Bertz CT molecular complexity index is 634. The molecule has 1 aromatic heterocycles. The molecule has 0 saturated heterocycles. The van der Waals surface area contributed by atoms with E-state index in [1.54, 1.807) is 13.0 Å². The number of hydrogen-bond acceptors (Lipinski definition) is 2. The molecule has 0 aliphatic carbocycles. The average molecular weight is 250 g/mol. The summed E-state index contributed by atoms with van der Waals surface area (Å²) in [5.74, 6) is -2.12. The number of hydrogen-bond donors (Lipinski definition) is 3. The molecule has 2 aromatic rings. The molecule has 0 aliphatic heterocycles. The van der Waals surface area contributed by atoms with Crippen LogP contribution in [-0.2, 0) is 4.79 Å². The molecule has 0 radical (unpaired) electrons. The van der Waals surface area contributed by atoms with Crippen molar-refractivity contribution in [2.75, 3.05) is 6.54 Å². The van der Waals surface area contributed by atoms with Gasteiger partial charge in [-0.2, -0.15) is 0 Å². The first-order chi connectivity index (χ1) is 8.50. The number of para-hydroxylation sites is 1. The predicted octanol–water partition coefficient (Wildman–Crippen LogP) is 1.43. The molecule has 0 saturated carbocycles. The number of carbonyl (C=O) groups is 2. The molecule has 0 spiro atoms. The van der Waals surface area contributed by atoms with E-state index in [1.807, 2.05) is 0 Å². The molecule has 1 aromatic carbocycles. The highest BCUT2D eigenvalue weighted by Crippen LogP contribution is 2.23. The zero-order chi connectivity index (χ0) is 13.3. The van der Waals surface area contributed by atoms with Crippen LogP contribution in [0.2, 0.25) is 0 Å². The molecule has 0 fully saturated rings. The summed E-state index contributed by atoms with van der Waals surface area (Å²) in [5.41, 5.74) is 1.01. The Morgan fingerprint density at radius 1 is 1.44 bits per heavy atom. The fourth-order valence-electron chi connectivity index (χ4n) is 1.85. The highest BCUT2D eigenvalue weighted by Gasteiger charge is 2.17. The number of amides is 1. The quantitative estimate of drug-likeness (QED) is 0.770. The molecule has 3 N–H and O–H groups in total. The van der Waals surface area contributed by atoms with Gasteiger partial charge in [0.25, 0.3) is 5.91 Å². The van der Waals surface area contributed by atoms with Crippen LogP contribution in [-0.4, -0.2) is 28.5 Å². The summed E-state index contributed by atoms with van der Waals surface area (Å²) in [7, 11) is 0. The lowest BCUT2D eigenvalue weighted by Crippen LogP contribution is -2.29. The fourth-order valence-corrected chi connectivity index (χ4v) is 1.85. The van der Waals surface area contributed by atoms with E-state index in [1.165, 1.54) is 12.1 Å². The van der Waals surface area contributed by atoms with Crippen molar-refractivity contribution < 1.29 is 19.1 Å². The fraction of sp³-hybridized carbons (Fsp3) is 0.167. The van der Waals surface area contributed by atoms with Gasteiger partial charge in [0.1, 0.15) is 12.4 Å². The maximum absolute atomic E-state index is 13.5. The van der Waals surface area contributed by atoms with Crippen molar-refractivity contribution in [3.63, 3.8) is 0 Å². The van der Waals surface area contributed by atoms with Gasteiger partial charge in [-0.25, -0.2) is 4.39 Å². The van der Waals surface area contributed by atoms with Gasteiger partial charge in [-0.1, -0.05) is 12.1 Å². The molecule has 5 nitrogen and oxygen atoms in total. The number of carboxylic acids is 1. The van der Waals surface area contributed by atoms with E-state index >= 15 is 0 Å². The molecule has 94 valence electrons. The van der Waals surface area contributed by atoms with Gasteiger partial charge < -0.3 is 15.4 Å². The topological polar surface area (TPSA) is 82.2 Å². The Morgan fingerprint density at radius 2 is 2.17 bits per heavy atom. The third-order valence-electron chi connectivity index (χ3n) is 2.60. The van der Waals surface area contributed by atoms with Crippen molar-refractivity contribution >= 4 is 22.8 Å². The van der Waals surface area contributed by atoms with Crippen LogP contribution in [0.15, 0.2) is 18.2 Å². The number of H-pyrrole nitrogens is 1. The number of carboxylic acid groups (broad SMARTS) is 1. The number of halogens is 1. The number of nitrogens with one attached hydrogen (secondary N) is 2. The molecular weight excluding hydrogens is 239 g/mol. The zero-order valence-electron chi connectivity index (χ0n) is 9.58. The molecule has 0 aliphatic rings. The first-order valence-corrected chi connectivity index (χ1v) is 5.27. The van der Waals surface area contributed by atoms with Crippen molar-refractivity contribution in [3.05, 3.63) is 35.3 Å². The molecule has 6 heteroatoms. The summed E-state index contributed by atoms with van der Waals surface area (Å²) in [6, 6.07) is 4.40. The minimum Gasteiger partial charge on any atom is -0.480 e. The van der Waals surface area contributed by atoms with E-state index in [0.717, 1.165) is 0 Å². The highest BCUT2D eigenvalue weighted by atomic mass is 19.1. The van der Waals surface area contributed by atoms with Gasteiger partial charge >= 0.3 is 5.97 Å². The standard InChI is InChI=1S/C12H11FN2O3/c1-6-10(12(18)14-5-9(16)17)7-3-2-4-8(13)11(7)15-6/h2-4,15H,5H2,1H3,(H,14,18)(H,16,17). The van der Waals surface area contributed by atoms with Gasteiger partial charge in [-0.05, 0) is 13.0 Å². The number of benzene rings is 1. The van der Waals surface area contributed by atoms with Gasteiger partial charge in [0.2, 0.25) is 0 Å².